The highest BCUT2D eigenvalue weighted by Crippen LogP contribution is 2.41. The summed E-state index contributed by atoms with van der Waals surface area (Å²) in [6.07, 6.45) is -4.87. The van der Waals surface area contributed by atoms with Crippen molar-refractivity contribution in [2.24, 2.45) is 0 Å². The first kappa shape index (κ1) is 21.6. The van der Waals surface area contributed by atoms with Crippen LogP contribution in [-0.4, -0.2) is 29.0 Å². The summed E-state index contributed by atoms with van der Waals surface area (Å²) in [5.41, 5.74) is 0.156. The second-order valence-electron chi connectivity index (χ2n) is 6.75. The lowest BCUT2D eigenvalue weighted by Gasteiger charge is -2.13. The monoisotopic (exact) mass is 461 g/mol. The summed E-state index contributed by atoms with van der Waals surface area (Å²) in [5.74, 6) is -2.11. The SMILES string of the molecule is COc1cc(C(F)(F)F)ccc1-c1csc(CC(=O)c2nc3ccccc3o2)c1C(=O)O. The standard InChI is InChI=1S/C22H14F3NO5S/c1-30-17-8-11(22(23,24)25)6-7-12(17)13-10-32-18(19(13)21(28)29)9-15(27)20-26-14-4-2-3-5-16(14)31-20/h2-8,10H,9H2,1H3,(H,28,29). The van der Waals surface area contributed by atoms with E-state index in [-0.39, 0.29) is 39.6 Å². The van der Waals surface area contributed by atoms with E-state index in [1.807, 2.05) is 0 Å². The molecule has 0 aliphatic carbocycles. The highest BCUT2D eigenvalue weighted by Gasteiger charge is 2.32. The van der Waals surface area contributed by atoms with E-state index in [0.717, 1.165) is 29.5 Å². The number of para-hydroxylation sites is 2. The topological polar surface area (TPSA) is 89.6 Å². The number of carbonyl (C=O) groups is 2. The largest absolute Gasteiger partial charge is 0.496 e. The number of rotatable bonds is 6. The van der Waals surface area contributed by atoms with Gasteiger partial charge in [0.15, 0.2) is 5.58 Å². The number of halogens is 3. The molecule has 0 unspecified atom stereocenters. The van der Waals surface area contributed by atoms with Crippen LogP contribution in [0.1, 0.15) is 31.5 Å². The molecule has 0 aliphatic rings. The zero-order valence-electron chi connectivity index (χ0n) is 16.4. The molecule has 0 fully saturated rings. The van der Waals surface area contributed by atoms with Crippen LogP contribution in [0.25, 0.3) is 22.2 Å². The van der Waals surface area contributed by atoms with Gasteiger partial charge >= 0.3 is 12.1 Å². The molecule has 4 rings (SSSR count). The van der Waals surface area contributed by atoms with Gasteiger partial charge in [-0.15, -0.1) is 11.3 Å². The molecule has 0 radical (unpaired) electrons. The Morgan fingerprint density at radius 2 is 1.91 bits per heavy atom. The van der Waals surface area contributed by atoms with Crippen molar-refractivity contribution in [3.8, 4) is 16.9 Å². The molecule has 0 bridgehead atoms. The maximum Gasteiger partial charge on any atom is 0.416 e. The molecule has 0 amide bonds. The fourth-order valence-electron chi connectivity index (χ4n) is 3.26. The minimum absolute atomic E-state index is 0.128. The molecule has 6 nitrogen and oxygen atoms in total. The van der Waals surface area contributed by atoms with Crippen LogP contribution in [0, 0.1) is 0 Å². The highest BCUT2D eigenvalue weighted by molar-refractivity contribution is 7.11. The van der Waals surface area contributed by atoms with Crippen molar-refractivity contribution in [3.05, 3.63) is 69.7 Å². The number of carboxylic acid groups (broad SMARTS) is 1. The van der Waals surface area contributed by atoms with Crippen molar-refractivity contribution in [2.75, 3.05) is 7.11 Å². The fourth-order valence-corrected chi connectivity index (χ4v) is 4.30. The van der Waals surface area contributed by atoms with E-state index >= 15 is 0 Å². The number of carbonyl (C=O) groups excluding carboxylic acids is 1. The number of ketones is 1. The van der Waals surface area contributed by atoms with E-state index in [9.17, 15) is 27.9 Å². The fraction of sp³-hybridized carbons (Fsp3) is 0.136. The number of thiophene rings is 1. The molecule has 2 aromatic carbocycles. The predicted molar refractivity (Wildman–Crippen MR) is 110 cm³/mol. The Bertz CT molecular complexity index is 1310. The zero-order chi connectivity index (χ0) is 23.0. The van der Waals surface area contributed by atoms with Gasteiger partial charge in [0.1, 0.15) is 11.3 Å². The summed E-state index contributed by atoms with van der Waals surface area (Å²) in [4.78, 5) is 29.0. The van der Waals surface area contributed by atoms with E-state index in [0.29, 0.717) is 11.1 Å². The summed E-state index contributed by atoms with van der Waals surface area (Å²) in [7, 11) is 1.20. The third-order valence-corrected chi connectivity index (χ3v) is 5.74. The number of benzene rings is 2. The van der Waals surface area contributed by atoms with E-state index < -0.39 is 23.5 Å². The van der Waals surface area contributed by atoms with Crippen LogP contribution in [0.4, 0.5) is 13.2 Å². The molecule has 32 heavy (non-hydrogen) atoms. The Hall–Kier alpha value is -3.66. The summed E-state index contributed by atoms with van der Waals surface area (Å²) >= 11 is 1.01. The summed E-state index contributed by atoms with van der Waals surface area (Å²) in [6, 6.07) is 9.62. The first-order valence-corrected chi connectivity index (χ1v) is 10.0. The first-order chi connectivity index (χ1) is 15.2. The van der Waals surface area contributed by atoms with Crippen molar-refractivity contribution >= 4 is 34.2 Å². The molecule has 164 valence electrons. The van der Waals surface area contributed by atoms with Crippen molar-refractivity contribution in [1.29, 1.82) is 0 Å². The first-order valence-electron chi connectivity index (χ1n) is 9.17. The Morgan fingerprint density at radius 1 is 1.16 bits per heavy atom. The van der Waals surface area contributed by atoms with Gasteiger partial charge in [0.05, 0.1) is 24.7 Å². The molecule has 0 spiro atoms. The quantitative estimate of drug-likeness (QED) is 0.370. The highest BCUT2D eigenvalue weighted by atomic mass is 32.1. The Balaban J connectivity index is 1.72. The normalized spacial score (nSPS) is 11.6. The molecule has 2 heterocycles. The van der Waals surface area contributed by atoms with Crippen molar-refractivity contribution in [2.45, 2.75) is 12.6 Å². The molecule has 1 N–H and O–H groups in total. The van der Waals surface area contributed by atoms with Crippen molar-refractivity contribution < 1.29 is 37.0 Å². The zero-order valence-corrected chi connectivity index (χ0v) is 17.2. The predicted octanol–water partition coefficient (Wildman–Crippen LogP) is 5.71. The van der Waals surface area contributed by atoms with Crippen molar-refractivity contribution in [1.82, 2.24) is 4.98 Å². The van der Waals surface area contributed by atoms with Crippen molar-refractivity contribution in [3.63, 3.8) is 0 Å². The number of carboxylic acids is 1. The molecule has 2 aromatic heterocycles. The van der Waals surface area contributed by atoms with Gasteiger partial charge in [-0.3, -0.25) is 4.79 Å². The van der Waals surface area contributed by atoms with Crippen LogP contribution in [0.3, 0.4) is 0 Å². The molecule has 0 aliphatic heterocycles. The maximum atomic E-state index is 13.0. The number of aromatic nitrogens is 1. The van der Waals surface area contributed by atoms with Gasteiger partial charge in [0.2, 0.25) is 5.78 Å². The number of nitrogens with zero attached hydrogens (tertiary/aromatic N) is 1. The number of aromatic carboxylic acids is 1. The molecule has 4 aromatic rings. The van der Waals surface area contributed by atoms with E-state index in [2.05, 4.69) is 4.98 Å². The van der Waals surface area contributed by atoms with E-state index in [1.165, 1.54) is 12.5 Å². The van der Waals surface area contributed by atoms with Gasteiger partial charge < -0.3 is 14.3 Å². The van der Waals surface area contributed by atoms with Crippen LogP contribution in [-0.2, 0) is 12.6 Å². The molecular weight excluding hydrogens is 447 g/mol. The minimum Gasteiger partial charge on any atom is -0.496 e. The lowest BCUT2D eigenvalue weighted by atomic mass is 9.99. The minimum atomic E-state index is -4.58. The molecular formula is C22H14F3NO5S. The number of hydrogen-bond donors (Lipinski definition) is 1. The maximum absolute atomic E-state index is 13.0. The van der Waals surface area contributed by atoms with Crippen LogP contribution in [0.15, 0.2) is 52.3 Å². The Labute approximate surface area is 182 Å². The number of oxazole rings is 1. The summed E-state index contributed by atoms with van der Waals surface area (Å²) < 4.78 is 49.6. The van der Waals surface area contributed by atoms with E-state index in [1.54, 1.807) is 24.3 Å². The van der Waals surface area contributed by atoms with Crippen LogP contribution in [0.2, 0.25) is 0 Å². The third kappa shape index (κ3) is 3.96. The lowest BCUT2D eigenvalue weighted by Crippen LogP contribution is -2.08. The molecule has 10 heteroatoms. The number of ether oxygens (including phenoxy) is 1. The van der Waals surface area contributed by atoms with Gasteiger partial charge in [-0.05, 0) is 35.7 Å². The van der Waals surface area contributed by atoms with E-state index in [4.69, 9.17) is 9.15 Å². The van der Waals surface area contributed by atoms with Gasteiger partial charge in [0, 0.05) is 16.0 Å². The number of fused-ring (bicyclic) bond motifs is 1. The summed E-state index contributed by atoms with van der Waals surface area (Å²) in [5, 5.41) is 11.3. The average Bonchev–Trinajstić information content (AvgIpc) is 3.36. The number of hydrogen-bond acceptors (Lipinski definition) is 6. The van der Waals surface area contributed by atoms with Crippen LogP contribution < -0.4 is 4.74 Å². The second-order valence-corrected chi connectivity index (χ2v) is 7.72. The lowest BCUT2D eigenvalue weighted by molar-refractivity contribution is -0.137. The number of alkyl halides is 3. The Morgan fingerprint density at radius 3 is 2.56 bits per heavy atom. The molecule has 0 atom stereocenters. The Kier molecular flexibility index (Phi) is 5.47. The smallest absolute Gasteiger partial charge is 0.416 e. The second kappa shape index (κ2) is 8.12. The van der Waals surface area contributed by atoms with Crippen LogP contribution >= 0.6 is 11.3 Å². The summed E-state index contributed by atoms with van der Waals surface area (Å²) in [6.45, 7) is 0. The number of Topliss-reactive ketones (excluding diaryl/α,β-unsaturated/α-hetero) is 1. The van der Waals surface area contributed by atoms with Crippen LogP contribution in [0.5, 0.6) is 5.75 Å². The molecule has 0 saturated heterocycles. The van der Waals surface area contributed by atoms with Gasteiger partial charge in [0.25, 0.3) is 5.89 Å². The average molecular weight is 461 g/mol. The van der Waals surface area contributed by atoms with Gasteiger partial charge in [-0.1, -0.05) is 12.1 Å². The van der Waals surface area contributed by atoms with Gasteiger partial charge in [-0.2, -0.15) is 13.2 Å². The van der Waals surface area contributed by atoms with Gasteiger partial charge in [-0.25, -0.2) is 9.78 Å². The molecule has 0 saturated carbocycles. The number of methoxy groups -OCH3 is 1. The third-order valence-electron chi connectivity index (χ3n) is 4.75.